The van der Waals surface area contributed by atoms with Crippen LogP contribution in [0.1, 0.15) is 35.6 Å². The second-order valence-electron chi connectivity index (χ2n) is 5.05. The van der Waals surface area contributed by atoms with E-state index in [1.807, 2.05) is 0 Å². The first-order valence-corrected chi connectivity index (χ1v) is 7.66. The van der Waals surface area contributed by atoms with Gasteiger partial charge in [-0.3, -0.25) is 0 Å². The zero-order valence-electron chi connectivity index (χ0n) is 11.9. The highest BCUT2D eigenvalue weighted by molar-refractivity contribution is 7.89. The van der Waals surface area contributed by atoms with Gasteiger partial charge in [0.15, 0.2) is 0 Å². The van der Waals surface area contributed by atoms with E-state index >= 15 is 0 Å². The molecule has 0 radical (unpaired) electrons. The molecule has 0 fully saturated rings. The summed E-state index contributed by atoms with van der Waals surface area (Å²) in [5, 5.41) is 18.6. The minimum atomic E-state index is -3.87. The zero-order chi connectivity index (χ0) is 15.7. The van der Waals surface area contributed by atoms with Crippen LogP contribution in [0.2, 0.25) is 0 Å². The number of carbonyl (C=O) groups is 1. The first-order chi connectivity index (χ1) is 9.08. The first-order valence-electron chi connectivity index (χ1n) is 6.18. The number of aromatic carboxylic acids is 1. The van der Waals surface area contributed by atoms with Gasteiger partial charge in [-0.05, 0) is 19.8 Å². The summed E-state index contributed by atoms with van der Waals surface area (Å²) in [6.07, 6.45) is -0.803. The molecule has 20 heavy (non-hydrogen) atoms. The fourth-order valence-electron chi connectivity index (χ4n) is 1.85. The fraction of sp³-hybridized carbons (Fsp3) is 0.583. The lowest BCUT2D eigenvalue weighted by molar-refractivity contribution is 0.0690. The van der Waals surface area contributed by atoms with Gasteiger partial charge in [-0.1, -0.05) is 13.8 Å². The molecular weight excluding hydrogens is 284 g/mol. The maximum absolute atomic E-state index is 12.2. The predicted octanol–water partition coefficient (Wildman–Crippen LogP) is 0.625. The van der Waals surface area contributed by atoms with Gasteiger partial charge in [-0.15, -0.1) is 0 Å². The van der Waals surface area contributed by atoms with Crippen molar-refractivity contribution in [2.24, 2.45) is 5.92 Å². The second kappa shape index (κ2) is 5.94. The molecule has 1 heterocycles. The molecule has 1 aromatic rings. The average molecular weight is 304 g/mol. The average Bonchev–Trinajstić information content (AvgIpc) is 2.62. The summed E-state index contributed by atoms with van der Waals surface area (Å²) >= 11 is 0. The van der Waals surface area contributed by atoms with Crippen LogP contribution in [0, 0.1) is 19.8 Å². The van der Waals surface area contributed by atoms with Crippen LogP contribution in [0.15, 0.2) is 4.90 Å². The third-order valence-corrected chi connectivity index (χ3v) is 4.80. The predicted molar refractivity (Wildman–Crippen MR) is 73.3 cm³/mol. The molecule has 0 aliphatic rings. The second-order valence-corrected chi connectivity index (χ2v) is 6.75. The number of aromatic amines is 1. The molecular formula is C12H20N2O5S. The van der Waals surface area contributed by atoms with Crippen molar-refractivity contribution in [3.8, 4) is 0 Å². The molecule has 7 nitrogen and oxygen atoms in total. The molecule has 1 unspecified atom stereocenters. The van der Waals surface area contributed by atoms with Crippen molar-refractivity contribution >= 4 is 16.0 Å². The zero-order valence-corrected chi connectivity index (χ0v) is 12.7. The van der Waals surface area contributed by atoms with Crippen molar-refractivity contribution in [2.45, 2.75) is 38.7 Å². The van der Waals surface area contributed by atoms with E-state index in [2.05, 4.69) is 9.71 Å². The van der Waals surface area contributed by atoms with Gasteiger partial charge in [0.05, 0.1) is 6.10 Å². The third kappa shape index (κ3) is 3.38. The Labute approximate surface area is 118 Å². The SMILES string of the molecule is Cc1[nH]c(C(=O)O)c(C)c1S(=O)(=O)NCC(O)C(C)C. The smallest absolute Gasteiger partial charge is 0.352 e. The highest BCUT2D eigenvalue weighted by Gasteiger charge is 2.26. The van der Waals surface area contributed by atoms with E-state index in [1.165, 1.54) is 13.8 Å². The molecule has 0 spiro atoms. The Kier molecular flexibility index (Phi) is 4.95. The van der Waals surface area contributed by atoms with Gasteiger partial charge in [0.2, 0.25) is 10.0 Å². The van der Waals surface area contributed by atoms with Crippen LogP contribution in [0.3, 0.4) is 0 Å². The van der Waals surface area contributed by atoms with Crippen LogP contribution in [0.5, 0.6) is 0 Å². The van der Waals surface area contributed by atoms with Crippen molar-refractivity contribution in [3.63, 3.8) is 0 Å². The summed E-state index contributed by atoms with van der Waals surface area (Å²) in [4.78, 5) is 13.5. The molecule has 0 aliphatic heterocycles. The molecule has 1 atom stereocenters. The van der Waals surface area contributed by atoms with Crippen LogP contribution in [0.4, 0.5) is 0 Å². The summed E-state index contributed by atoms with van der Waals surface area (Å²) < 4.78 is 26.7. The number of aliphatic hydroxyl groups excluding tert-OH is 1. The van der Waals surface area contributed by atoms with E-state index in [0.29, 0.717) is 0 Å². The maximum atomic E-state index is 12.2. The monoisotopic (exact) mass is 304 g/mol. The highest BCUT2D eigenvalue weighted by Crippen LogP contribution is 2.23. The Bertz CT molecular complexity index is 604. The maximum Gasteiger partial charge on any atom is 0.352 e. The fourth-order valence-corrected chi connectivity index (χ4v) is 3.35. The number of hydrogen-bond acceptors (Lipinski definition) is 4. The Morgan fingerprint density at radius 2 is 1.90 bits per heavy atom. The molecule has 1 rings (SSSR count). The number of carboxylic acid groups (broad SMARTS) is 1. The third-order valence-electron chi connectivity index (χ3n) is 3.10. The number of aliphatic hydroxyl groups is 1. The van der Waals surface area contributed by atoms with Gasteiger partial charge < -0.3 is 15.2 Å². The molecule has 0 bridgehead atoms. The molecule has 0 aliphatic carbocycles. The van der Waals surface area contributed by atoms with Gasteiger partial charge in [-0.2, -0.15) is 0 Å². The van der Waals surface area contributed by atoms with E-state index in [0.717, 1.165) is 0 Å². The number of hydrogen-bond donors (Lipinski definition) is 4. The lowest BCUT2D eigenvalue weighted by atomic mass is 10.1. The van der Waals surface area contributed by atoms with E-state index in [-0.39, 0.29) is 34.3 Å². The van der Waals surface area contributed by atoms with E-state index in [4.69, 9.17) is 5.11 Å². The van der Waals surface area contributed by atoms with E-state index in [1.54, 1.807) is 13.8 Å². The molecule has 8 heteroatoms. The summed E-state index contributed by atoms with van der Waals surface area (Å²) in [6.45, 7) is 6.35. The normalized spacial score (nSPS) is 13.7. The number of aryl methyl sites for hydroxylation is 1. The Balaban J connectivity index is 3.08. The molecule has 4 N–H and O–H groups in total. The highest BCUT2D eigenvalue weighted by atomic mass is 32.2. The van der Waals surface area contributed by atoms with Crippen LogP contribution >= 0.6 is 0 Å². The number of rotatable bonds is 6. The van der Waals surface area contributed by atoms with E-state index in [9.17, 15) is 18.3 Å². The minimum absolute atomic E-state index is 0.0779. The van der Waals surface area contributed by atoms with Gasteiger partial charge >= 0.3 is 5.97 Å². The standard InChI is InChI=1S/C12H20N2O5S/c1-6(2)9(15)5-13-20(18,19)11-7(3)10(12(16)17)14-8(11)4/h6,9,13-15H,5H2,1-4H3,(H,16,17). The van der Waals surface area contributed by atoms with E-state index < -0.39 is 22.1 Å². The van der Waals surface area contributed by atoms with Crippen molar-refractivity contribution in [1.82, 2.24) is 9.71 Å². The molecule has 0 saturated heterocycles. The lowest BCUT2D eigenvalue weighted by Gasteiger charge is -2.15. The van der Waals surface area contributed by atoms with Gasteiger partial charge in [0.1, 0.15) is 10.6 Å². The lowest BCUT2D eigenvalue weighted by Crippen LogP contribution is -2.35. The number of sulfonamides is 1. The molecule has 1 aromatic heterocycles. The van der Waals surface area contributed by atoms with Crippen molar-refractivity contribution in [2.75, 3.05) is 6.54 Å². The van der Waals surface area contributed by atoms with Crippen LogP contribution < -0.4 is 4.72 Å². The largest absolute Gasteiger partial charge is 0.477 e. The summed E-state index contributed by atoms with van der Waals surface area (Å²) in [7, 11) is -3.87. The van der Waals surface area contributed by atoms with Gasteiger partial charge in [0.25, 0.3) is 0 Å². The first kappa shape index (κ1) is 16.7. The number of aromatic nitrogens is 1. The van der Waals surface area contributed by atoms with Crippen molar-refractivity contribution < 1.29 is 23.4 Å². The molecule has 0 saturated carbocycles. The van der Waals surface area contributed by atoms with Crippen molar-refractivity contribution in [3.05, 3.63) is 17.0 Å². The van der Waals surface area contributed by atoms with Crippen LogP contribution in [-0.4, -0.2) is 42.2 Å². The Hall–Kier alpha value is -1.38. The number of carboxylic acids is 1. The summed E-state index contributed by atoms with van der Waals surface area (Å²) in [6, 6.07) is 0. The van der Waals surface area contributed by atoms with Crippen molar-refractivity contribution in [1.29, 1.82) is 0 Å². The molecule has 0 aromatic carbocycles. The topological polar surface area (TPSA) is 119 Å². The summed E-state index contributed by atoms with van der Waals surface area (Å²) in [5.74, 6) is -1.30. The minimum Gasteiger partial charge on any atom is -0.477 e. The quantitative estimate of drug-likeness (QED) is 0.614. The summed E-state index contributed by atoms with van der Waals surface area (Å²) in [5.41, 5.74) is 0.264. The molecule has 114 valence electrons. The number of nitrogens with one attached hydrogen (secondary N) is 2. The Morgan fingerprint density at radius 3 is 2.30 bits per heavy atom. The molecule has 0 amide bonds. The van der Waals surface area contributed by atoms with Gasteiger partial charge in [-0.25, -0.2) is 17.9 Å². The Morgan fingerprint density at radius 1 is 1.35 bits per heavy atom. The van der Waals surface area contributed by atoms with Crippen LogP contribution in [-0.2, 0) is 10.0 Å². The van der Waals surface area contributed by atoms with Gasteiger partial charge in [0, 0.05) is 17.8 Å². The number of H-pyrrole nitrogens is 1. The van der Waals surface area contributed by atoms with Crippen LogP contribution in [0.25, 0.3) is 0 Å².